The Morgan fingerprint density at radius 1 is 0.543 bits per heavy atom. The van der Waals surface area contributed by atoms with Gasteiger partial charge in [0.05, 0.1) is 0 Å². The maximum absolute atomic E-state index is 11.2. The molecule has 4 N–H and O–H groups in total. The fourth-order valence-electron chi connectivity index (χ4n) is 6.65. The number of primary amides is 1. The van der Waals surface area contributed by atoms with Crippen LogP contribution in [0.5, 0.6) is 0 Å². The van der Waals surface area contributed by atoms with Gasteiger partial charge in [-0.2, -0.15) is 0 Å². The number of amides is 1. The van der Waals surface area contributed by atoms with E-state index in [1.54, 1.807) is 0 Å². The molecule has 0 radical (unpaired) electrons. The van der Waals surface area contributed by atoms with E-state index in [4.69, 9.17) is 5.73 Å². The van der Waals surface area contributed by atoms with Gasteiger partial charge in [0.1, 0.15) is 6.23 Å². The minimum absolute atomic E-state index is 0.0596. The molecule has 0 bridgehead atoms. The normalized spacial score (nSPS) is 13.1. The Bertz CT molecular complexity index is 570. The van der Waals surface area contributed by atoms with Crippen LogP contribution in [-0.2, 0) is 4.79 Å². The van der Waals surface area contributed by atoms with Crippen LogP contribution >= 0.6 is 0 Å². The van der Waals surface area contributed by atoms with E-state index in [9.17, 15) is 9.90 Å². The van der Waals surface area contributed by atoms with Crippen LogP contribution in [0.4, 0.5) is 0 Å². The summed E-state index contributed by atoms with van der Waals surface area (Å²) in [7, 11) is 0. The predicted octanol–water partition coefficient (Wildman–Crippen LogP) is 11.5. The number of nitrogens with two attached hydrogens (primary N) is 1. The summed E-state index contributed by atoms with van der Waals surface area (Å²) >= 11 is 0. The molecule has 0 saturated heterocycles. The predicted molar refractivity (Wildman–Crippen MR) is 203 cm³/mol. The molecule has 0 aromatic rings. The molecular weight excluding hydrogens is 566 g/mol. The van der Waals surface area contributed by atoms with Gasteiger partial charge in [-0.1, -0.05) is 194 Å². The number of aliphatic hydroxyl groups is 1. The lowest BCUT2D eigenvalue weighted by Crippen LogP contribution is -2.42. The number of nitrogens with one attached hydrogen (secondary N) is 1. The molecule has 46 heavy (non-hydrogen) atoms. The lowest BCUT2D eigenvalue weighted by atomic mass is 10.0. The highest BCUT2D eigenvalue weighted by atomic mass is 16.3. The van der Waals surface area contributed by atoms with Crippen molar-refractivity contribution in [3.63, 3.8) is 0 Å². The molecule has 276 valence electrons. The fraction of sp³-hybridized carbons (Fsp3) is 0.976. The molecule has 0 aromatic heterocycles. The zero-order chi connectivity index (χ0) is 33.8. The maximum Gasteiger partial charge on any atom is 0.220 e. The molecule has 0 aliphatic carbocycles. The number of hydrogen-bond acceptors (Lipinski definition) is 4. The molecule has 0 saturated carbocycles. The zero-order valence-electron chi connectivity index (χ0n) is 31.8. The van der Waals surface area contributed by atoms with Crippen molar-refractivity contribution < 1.29 is 9.90 Å². The summed E-state index contributed by atoms with van der Waals surface area (Å²) in [5.41, 5.74) is 5.38. The zero-order valence-corrected chi connectivity index (χ0v) is 31.8. The van der Waals surface area contributed by atoms with E-state index in [0.29, 0.717) is 6.54 Å². The van der Waals surface area contributed by atoms with Gasteiger partial charge in [0.2, 0.25) is 5.91 Å². The highest BCUT2D eigenvalue weighted by Gasteiger charge is 2.12. The monoisotopic (exact) mass is 652 g/mol. The molecule has 0 aliphatic rings. The van der Waals surface area contributed by atoms with E-state index in [0.717, 1.165) is 38.9 Å². The van der Waals surface area contributed by atoms with E-state index >= 15 is 0 Å². The third-order valence-electron chi connectivity index (χ3n) is 10.0. The van der Waals surface area contributed by atoms with Crippen LogP contribution in [-0.4, -0.2) is 48.3 Å². The van der Waals surface area contributed by atoms with Crippen molar-refractivity contribution in [1.82, 2.24) is 10.2 Å². The van der Waals surface area contributed by atoms with Crippen LogP contribution < -0.4 is 11.1 Å². The van der Waals surface area contributed by atoms with Crippen LogP contribution in [0.2, 0.25) is 0 Å². The lowest BCUT2D eigenvalue weighted by Gasteiger charge is -2.26. The first kappa shape index (κ1) is 45.3. The van der Waals surface area contributed by atoms with Crippen molar-refractivity contribution >= 4 is 5.91 Å². The number of nitrogens with zero attached hydrogens (tertiary/aromatic N) is 1. The number of aliphatic hydroxyl groups excluding tert-OH is 1. The second kappa shape index (κ2) is 37.2. The summed E-state index contributed by atoms with van der Waals surface area (Å²) in [5, 5.41) is 14.0. The lowest BCUT2D eigenvalue weighted by molar-refractivity contribution is -0.121. The Morgan fingerprint density at radius 2 is 0.870 bits per heavy atom. The van der Waals surface area contributed by atoms with Crippen molar-refractivity contribution in [2.24, 2.45) is 11.7 Å². The molecule has 0 heterocycles. The summed E-state index contributed by atoms with van der Waals surface area (Å²) in [6.07, 6.45) is 41.2. The van der Waals surface area contributed by atoms with Gasteiger partial charge in [-0.25, -0.2) is 0 Å². The highest BCUT2D eigenvalue weighted by molar-refractivity contribution is 5.76. The summed E-state index contributed by atoms with van der Waals surface area (Å²) in [4.78, 5) is 13.7. The molecule has 0 aliphatic heterocycles. The van der Waals surface area contributed by atoms with Gasteiger partial charge in [-0.05, 0) is 45.3 Å². The van der Waals surface area contributed by atoms with Gasteiger partial charge in [0.25, 0.3) is 0 Å². The first-order valence-electron chi connectivity index (χ1n) is 20.9. The molecule has 5 nitrogen and oxygen atoms in total. The first-order chi connectivity index (χ1) is 22.5. The molecule has 5 heteroatoms. The third kappa shape index (κ3) is 34.7. The molecule has 1 amide bonds. The van der Waals surface area contributed by atoms with E-state index in [2.05, 4.69) is 24.1 Å². The quantitative estimate of drug-likeness (QED) is 0.0456. The summed E-state index contributed by atoms with van der Waals surface area (Å²) in [6, 6.07) is 0. The van der Waals surface area contributed by atoms with Crippen LogP contribution in [0.3, 0.4) is 0 Å². The van der Waals surface area contributed by atoms with Crippen molar-refractivity contribution in [3.8, 4) is 0 Å². The minimum atomic E-state index is -0.480. The molecule has 0 rings (SSSR count). The van der Waals surface area contributed by atoms with Gasteiger partial charge in [0, 0.05) is 12.5 Å². The van der Waals surface area contributed by atoms with Crippen molar-refractivity contribution in [2.75, 3.05) is 26.2 Å². The summed E-state index contributed by atoms with van der Waals surface area (Å²) in [6.45, 7) is 10.2. The van der Waals surface area contributed by atoms with E-state index in [1.807, 2.05) is 6.92 Å². The van der Waals surface area contributed by atoms with Gasteiger partial charge in [-0.3, -0.25) is 15.0 Å². The van der Waals surface area contributed by atoms with Gasteiger partial charge >= 0.3 is 0 Å². The van der Waals surface area contributed by atoms with Crippen LogP contribution in [0.1, 0.15) is 220 Å². The molecule has 0 aromatic carbocycles. The van der Waals surface area contributed by atoms with E-state index in [-0.39, 0.29) is 11.8 Å². The number of rotatable bonds is 39. The highest BCUT2D eigenvalue weighted by Crippen LogP contribution is 2.15. The Kier molecular flexibility index (Phi) is 36.6. The SMILES string of the molecule is CCCCCCCCCCCCCCCCN(CCCCCCCCCCCCCCCC)CC(O)NCCCCC(C)C(N)=O. The number of unbranched alkanes of at least 4 members (excludes halogenated alkanes) is 27. The first-order valence-corrected chi connectivity index (χ1v) is 20.9. The molecule has 2 unspecified atom stereocenters. The van der Waals surface area contributed by atoms with Crippen molar-refractivity contribution in [2.45, 2.75) is 226 Å². The van der Waals surface area contributed by atoms with Crippen LogP contribution in [0.25, 0.3) is 0 Å². The molecular formula is C41H85N3O2. The largest absolute Gasteiger partial charge is 0.377 e. The van der Waals surface area contributed by atoms with Gasteiger partial charge in [-0.15, -0.1) is 0 Å². The van der Waals surface area contributed by atoms with Crippen LogP contribution in [0, 0.1) is 5.92 Å². The average molecular weight is 652 g/mol. The average Bonchev–Trinajstić information content (AvgIpc) is 3.04. The van der Waals surface area contributed by atoms with Gasteiger partial charge in [0.15, 0.2) is 0 Å². The molecule has 2 atom stereocenters. The van der Waals surface area contributed by atoms with Crippen LogP contribution in [0.15, 0.2) is 0 Å². The number of hydrogen-bond donors (Lipinski definition) is 3. The summed E-state index contributed by atoms with van der Waals surface area (Å²) < 4.78 is 0. The second-order valence-corrected chi connectivity index (χ2v) is 14.8. The third-order valence-corrected chi connectivity index (χ3v) is 10.0. The van der Waals surface area contributed by atoms with Crippen molar-refractivity contribution in [1.29, 1.82) is 0 Å². The minimum Gasteiger partial charge on any atom is -0.377 e. The maximum atomic E-state index is 11.2. The van der Waals surface area contributed by atoms with Crippen molar-refractivity contribution in [3.05, 3.63) is 0 Å². The smallest absolute Gasteiger partial charge is 0.220 e. The Morgan fingerprint density at radius 3 is 1.20 bits per heavy atom. The Hall–Kier alpha value is -0.650. The van der Waals surface area contributed by atoms with Gasteiger partial charge < -0.3 is 10.8 Å². The fourth-order valence-corrected chi connectivity index (χ4v) is 6.65. The number of carbonyl (C=O) groups is 1. The molecule has 0 fully saturated rings. The second-order valence-electron chi connectivity index (χ2n) is 14.8. The summed E-state index contributed by atoms with van der Waals surface area (Å²) in [5.74, 6) is -0.272. The Labute approximate surface area is 289 Å². The topological polar surface area (TPSA) is 78.6 Å². The van der Waals surface area contributed by atoms with E-state index in [1.165, 1.54) is 180 Å². The standard InChI is InChI=1S/C41H85N3O2/c1-4-6-8-10-12-14-16-18-20-22-24-26-28-32-36-44(38-40(45)43-35-31-30-34-39(3)41(42)46)37-33-29-27-25-23-21-19-17-15-13-11-9-7-5-2/h39-40,43,45H,4-38H2,1-3H3,(H2,42,46). The van der Waals surface area contributed by atoms with E-state index < -0.39 is 6.23 Å². The number of carbonyl (C=O) groups excluding carboxylic acids is 1. The Balaban J connectivity index is 4.07. The molecule has 0 spiro atoms.